The molecule has 0 spiro atoms. The predicted molar refractivity (Wildman–Crippen MR) is 125 cm³/mol. The molecule has 2 aromatic rings. The Balaban J connectivity index is 1.85. The number of benzene rings is 1. The molecule has 6 unspecified atom stereocenters. The number of nitriles is 1. The summed E-state index contributed by atoms with van der Waals surface area (Å²) < 4.78 is 35.9. The highest BCUT2D eigenvalue weighted by Crippen LogP contribution is 2.48. The van der Waals surface area contributed by atoms with E-state index in [0.717, 1.165) is 23.9 Å². The Morgan fingerprint density at radius 1 is 1.39 bits per heavy atom. The topological polar surface area (TPSA) is 182 Å². The molecule has 3 N–H and O–H groups in total. The molecule has 1 fully saturated rings. The SMILES string of the molecule is COC(=O)C(C)NP(=O)(OCC1OC(n2ccc(=O)[nH]c2=O)C(C)(C#N)C1O)Oc1ccc(Cl)cc1. The molecule has 1 aromatic heterocycles. The van der Waals surface area contributed by atoms with E-state index in [1.807, 2.05) is 6.07 Å². The number of esters is 1. The second-order valence-electron chi connectivity index (χ2n) is 8.10. The maximum atomic E-state index is 13.5. The van der Waals surface area contributed by atoms with Gasteiger partial charge in [0.1, 0.15) is 29.4 Å². The van der Waals surface area contributed by atoms with Crippen LogP contribution in [0.15, 0.2) is 46.1 Å². The van der Waals surface area contributed by atoms with Gasteiger partial charge < -0.3 is 19.1 Å². The van der Waals surface area contributed by atoms with Gasteiger partial charge in [-0.15, -0.1) is 0 Å². The molecule has 13 nitrogen and oxygen atoms in total. The van der Waals surface area contributed by atoms with E-state index < -0.39 is 61.5 Å². The summed E-state index contributed by atoms with van der Waals surface area (Å²) in [6.07, 6.45) is -2.94. The number of aliphatic hydroxyl groups is 1. The zero-order valence-electron chi connectivity index (χ0n) is 19.4. The van der Waals surface area contributed by atoms with Gasteiger partial charge >= 0.3 is 19.4 Å². The Bertz CT molecular complexity index is 1310. The maximum absolute atomic E-state index is 13.5. The molecule has 1 aliphatic heterocycles. The van der Waals surface area contributed by atoms with E-state index in [1.54, 1.807) is 0 Å². The number of H-pyrrole nitrogens is 1. The van der Waals surface area contributed by atoms with Crippen molar-refractivity contribution in [2.24, 2.45) is 5.41 Å². The number of nitrogens with one attached hydrogen (secondary N) is 2. The fraction of sp³-hybridized carbons (Fsp3) is 0.429. The lowest BCUT2D eigenvalue weighted by Crippen LogP contribution is -2.41. The first-order valence-corrected chi connectivity index (χ1v) is 12.5. The number of carbonyl (C=O) groups is 1. The first kappa shape index (κ1) is 27.6. The molecule has 0 bridgehead atoms. The molecule has 1 aliphatic rings. The monoisotopic (exact) mass is 542 g/mol. The fourth-order valence-electron chi connectivity index (χ4n) is 3.49. The van der Waals surface area contributed by atoms with E-state index in [9.17, 15) is 29.3 Å². The molecule has 15 heteroatoms. The summed E-state index contributed by atoms with van der Waals surface area (Å²) in [5, 5.41) is 23.5. The summed E-state index contributed by atoms with van der Waals surface area (Å²) >= 11 is 5.87. The zero-order valence-corrected chi connectivity index (χ0v) is 21.1. The van der Waals surface area contributed by atoms with Crippen molar-refractivity contribution >= 4 is 25.3 Å². The van der Waals surface area contributed by atoms with Crippen LogP contribution in [0.1, 0.15) is 20.1 Å². The van der Waals surface area contributed by atoms with Crippen LogP contribution in [-0.2, 0) is 23.4 Å². The summed E-state index contributed by atoms with van der Waals surface area (Å²) in [6, 6.07) is 7.71. The first-order valence-electron chi connectivity index (χ1n) is 10.5. The van der Waals surface area contributed by atoms with Crippen LogP contribution in [0.25, 0.3) is 0 Å². The quantitative estimate of drug-likeness (QED) is 0.307. The normalized spacial score (nSPS) is 25.9. The summed E-state index contributed by atoms with van der Waals surface area (Å²) in [6.45, 7) is 2.17. The van der Waals surface area contributed by atoms with Crippen molar-refractivity contribution in [2.45, 2.75) is 38.3 Å². The van der Waals surface area contributed by atoms with Crippen molar-refractivity contribution in [1.29, 1.82) is 5.26 Å². The van der Waals surface area contributed by atoms with Crippen LogP contribution < -0.4 is 20.9 Å². The zero-order chi connectivity index (χ0) is 26.7. The van der Waals surface area contributed by atoms with Gasteiger partial charge in [-0.1, -0.05) is 11.6 Å². The van der Waals surface area contributed by atoms with Crippen LogP contribution in [0.5, 0.6) is 5.75 Å². The Morgan fingerprint density at radius 3 is 2.64 bits per heavy atom. The highest BCUT2D eigenvalue weighted by Gasteiger charge is 2.55. The summed E-state index contributed by atoms with van der Waals surface area (Å²) in [5.74, 6) is -0.648. The Kier molecular flexibility index (Phi) is 8.40. The van der Waals surface area contributed by atoms with Gasteiger partial charge in [0.2, 0.25) is 0 Å². The largest absolute Gasteiger partial charge is 0.468 e. The van der Waals surface area contributed by atoms with Crippen molar-refractivity contribution in [2.75, 3.05) is 13.7 Å². The lowest BCUT2D eigenvalue weighted by Gasteiger charge is -2.26. The average molecular weight is 543 g/mol. The molecule has 0 aliphatic carbocycles. The number of hydrogen-bond donors (Lipinski definition) is 3. The molecular formula is C21H24ClN4O9P. The summed E-state index contributed by atoms with van der Waals surface area (Å²) in [5.41, 5.74) is -3.16. The minimum atomic E-state index is -4.30. The highest BCUT2D eigenvalue weighted by atomic mass is 35.5. The van der Waals surface area contributed by atoms with Gasteiger partial charge in [-0.05, 0) is 38.1 Å². The minimum absolute atomic E-state index is 0.0970. The summed E-state index contributed by atoms with van der Waals surface area (Å²) in [7, 11) is -3.15. The standard InChI is InChI=1S/C21H24ClN4O9P/c1-12(18(29)32-3)25-36(31,35-14-6-4-13(22)5-7-14)33-10-15-17(28)21(2,11-23)19(34-15)26-9-8-16(27)24-20(26)30/h4-9,12,15,17,19,28H,10H2,1-3H3,(H,25,31)(H,24,27,30). The number of aliphatic hydroxyl groups excluding tert-OH is 1. The number of rotatable bonds is 9. The van der Waals surface area contributed by atoms with E-state index >= 15 is 0 Å². The van der Waals surface area contributed by atoms with E-state index in [1.165, 1.54) is 38.1 Å². The second-order valence-corrected chi connectivity index (χ2v) is 10.2. The van der Waals surface area contributed by atoms with Gasteiger partial charge in [0.05, 0.1) is 19.8 Å². The van der Waals surface area contributed by atoms with E-state index in [2.05, 4.69) is 14.8 Å². The molecular weight excluding hydrogens is 519 g/mol. The number of ether oxygens (including phenoxy) is 2. The molecule has 2 heterocycles. The molecule has 0 amide bonds. The van der Waals surface area contributed by atoms with Crippen LogP contribution in [0.4, 0.5) is 0 Å². The molecule has 1 saturated heterocycles. The van der Waals surface area contributed by atoms with Crippen LogP contribution in [0.3, 0.4) is 0 Å². The Labute approximate surface area is 210 Å². The number of halogens is 1. The van der Waals surface area contributed by atoms with Crippen LogP contribution in [-0.4, -0.2) is 52.6 Å². The first-order chi connectivity index (χ1) is 16.9. The van der Waals surface area contributed by atoms with Gasteiger partial charge in [-0.3, -0.25) is 23.7 Å². The molecule has 3 rings (SSSR count). The van der Waals surface area contributed by atoms with E-state index in [-0.39, 0.29) is 5.75 Å². The molecule has 36 heavy (non-hydrogen) atoms. The number of nitrogens with zero attached hydrogens (tertiary/aromatic N) is 2. The van der Waals surface area contributed by atoms with Gasteiger partial charge in [-0.2, -0.15) is 10.3 Å². The third-order valence-corrected chi connectivity index (χ3v) is 7.38. The fourth-order valence-corrected chi connectivity index (χ4v) is 5.12. The number of carbonyl (C=O) groups excluding carboxylic acids is 1. The van der Waals surface area contributed by atoms with Crippen molar-refractivity contribution < 1.29 is 33.0 Å². The van der Waals surface area contributed by atoms with E-state index in [0.29, 0.717) is 5.02 Å². The molecule has 194 valence electrons. The highest BCUT2D eigenvalue weighted by molar-refractivity contribution is 7.52. The molecule has 0 radical (unpaired) electrons. The molecule has 6 atom stereocenters. The predicted octanol–water partition coefficient (Wildman–Crippen LogP) is 1.33. The van der Waals surface area contributed by atoms with Crippen LogP contribution >= 0.6 is 19.3 Å². The van der Waals surface area contributed by atoms with Crippen molar-refractivity contribution in [1.82, 2.24) is 14.6 Å². The van der Waals surface area contributed by atoms with Gasteiger partial charge in [-0.25, -0.2) is 9.36 Å². The van der Waals surface area contributed by atoms with Crippen molar-refractivity contribution in [3.63, 3.8) is 0 Å². The average Bonchev–Trinajstić information content (AvgIpc) is 3.09. The lowest BCUT2D eigenvalue weighted by molar-refractivity contribution is -0.142. The minimum Gasteiger partial charge on any atom is -0.468 e. The number of aromatic amines is 1. The van der Waals surface area contributed by atoms with E-state index in [4.69, 9.17) is 25.4 Å². The van der Waals surface area contributed by atoms with Gasteiger partial charge in [0.15, 0.2) is 6.23 Å². The number of methoxy groups -OCH3 is 1. The third-order valence-electron chi connectivity index (χ3n) is 5.48. The Hall–Kier alpha value is -2.98. The maximum Gasteiger partial charge on any atom is 0.459 e. The van der Waals surface area contributed by atoms with Gasteiger partial charge in [0.25, 0.3) is 5.56 Å². The van der Waals surface area contributed by atoms with Crippen molar-refractivity contribution in [3.05, 3.63) is 62.4 Å². The number of hydrogen-bond acceptors (Lipinski definition) is 10. The van der Waals surface area contributed by atoms with Crippen LogP contribution in [0.2, 0.25) is 5.02 Å². The smallest absolute Gasteiger partial charge is 0.459 e. The Morgan fingerprint density at radius 2 is 2.06 bits per heavy atom. The van der Waals surface area contributed by atoms with Crippen LogP contribution in [0, 0.1) is 16.7 Å². The second kappa shape index (κ2) is 11.0. The summed E-state index contributed by atoms with van der Waals surface area (Å²) in [4.78, 5) is 37.6. The molecule has 0 saturated carbocycles. The molecule has 1 aromatic carbocycles. The van der Waals surface area contributed by atoms with Gasteiger partial charge in [0, 0.05) is 17.3 Å². The number of aromatic nitrogens is 2. The lowest BCUT2D eigenvalue weighted by atomic mass is 9.84. The van der Waals surface area contributed by atoms with Crippen molar-refractivity contribution in [3.8, 4) is 11.8 Å². The third kappa shape index (κ3) is 5.87.